The van der Waals surface area contributed by atoms with E-state index < -0.39 is 0 Å². The van der Waals surface area contributed by atoms with Crippen molar-refractivity contribution in [2.24, 2.45) is 23.1 Å². The van der Waals surface area contributed by atoms with Crippen molar-refractivity contribution in [1.82, 2.24) is 0 Å². The van der Waals surface area contributed by atoms with Crippen LogP contribution in [0.25, 0.3) is 0 Å². The van der Waals surface area contributed by atoms with Gasteiger partial charge in [-0.2, -0.15) is 0 Å². The van der Waals surface area contributed by atoms with Crippen LogP contribution in [0.3, 0.4) is 0 Å². The van der Waals surface area contributed by atoms with Crippen LogP contribution >= 0.6 is 0 Å². The van der Waals surface area contributed by atoms with Crippen LogP contribution in [0.15, 0.2) is 0 Å². The molecule has 0 aromatic rings. The van der Waals surface area contributed by atoms with Crippen molar-refractivity contribution < 1.29 is 0 Å². The van der Waals surface area contributed by atoms with Crippen LogP contribution in [-0.2, 0) is 0 Å². The van der Waals surface area contributed by atoms with E-state index >= 15 is 0 Å². The number of rotatable bonds is 2. The van der Waals surface area contributed by atoms with Gasteiger partial charge >= 0.3 is 0 Å². The average molecular weight is 157 g/mol. The van der Waals surface area contributed by atoms with Gasteiger partial charge in [0.25, 0.3) is 0 Å². The summed E-state index contributed by atoms with van der Waals surface area (Å²) in [6, 6.07) is 0.435. The molecule has 0 saturated heterocycles. The quantitative estimate of drug-likeness (QED) is 0.519. The molecule has 0 radical (unpaired) electrons. The van der Waals surface area contributed by atoms with Crippen molar-refractivity contribution in [3.8, 4) is 0 Å². The van der Waals surface area contributed by atoms with E-state index in [0.717, 1.165) is 31.7 Å². The first-order chi connectivity index (χ1) is 5.24. The summed E-state index contributed by atoms with van der Waals surface area (Å²) in [6.45, 7) is 0.784. The molecule has 0 aromatic carbocycles. The first kappa shape index (κ1) is 8.97. The fraction of sp³-hybridized carbons (Fsp3) is 1.00. The van der Waals surface area contributed by atoms with Crippen LogP contribution in [0.5, 0.6) is 0 Å². The summed E-state index contributed by atoms with van der Waals surface area (Å²) in [7, 11) is 0. The number of nitrogens with two attached hydrogens (primary N) is 3. The van der Waals surface area contributed by atoms with Gasteiger partial charge in [0.1, 0.15) is 0 Å². The Balaban J connectivity index is 2.28. The van der Waals surface area contributed by atoms with E-state index in [2.05, 4.69) is 0 Å². The Bertz CT molecular complexity index is 116. The fourth-order valence-corrected chi connectivity index (χ4v) is 1.82. The summed E-state index contributed by atoms with van der Waals surface area (Å²) in [4.78, 5) is 0. The Morgan fingerprint density at radius 1 is 1.09 bits per heavy atom. The maximum atomic E-state index is 5.83. The lowest BCUT2D eigenvalue weighted by atomic mass is 9.81. The summed E-state index contributed by atoms with van der Waals surface area (Å²) in [5.41, 5.74) is 17.1. The highest BCUT2D eigenvalue weighted by Crippen LogP contribution is 2.24. The smallest absolute Gasteiger partial charge is 0.0194 e. The van der Waals surface area contributed by atoms with Crippen molar-refractivity contribution in [2.45, 2.75) is 37.8 Å². The monoisotopic (exact) mass is 157 g/mol. The van der Waals surface area contributed by atoms with E-state index in [1.807, 2.05) is 0 Å². The fourth-order valence-electron chi connectivity index (χ4n) is 1.82. The summed E-state index contributed by atoms with van der Waals surface area (Å²) in [5.74, 6) is 0.731. The third kappa shape index (κ3) is 2.43. The standard InChI is InChI=1S/C8H19N3/c9-4-3-6-1-2-7(10)8(11)5-6/h6-8H,1-5,9-11H2/t6-,7-,8+/m0/s1. The van der Waals surface area contributed by atoms with Gasteiger partial charge < -0.3 is 17.2 Å². The lowest BCUT2D eigenvalue weighted by Crippen LogP contribution is -2.46. The molecule has 3 heteroatoms. The second-order valence-corrected chi connectivity index (χ2v) is 3.58. The second kappa shape index (κ2) is 4.04. The van der Waals surface area contributed by atoms with Gasteiger partial charge in [-0.25, -0.2) is 0 Å². The molecule has 0 spiro atoms. The Morgan fingerprint density at radius 3 is 2.36 bits per heavy atom. The van der Waals surface area contributed by atoms with E-state index in [-0.39, 0.29) is 12.1 Å². The lowest BCUT2D eigenvalue weighted by Gasteiger charge is -2.31. The molecule has 0 bridgehead atoms. The van der Waals surface area contributed by atoms with Crippen LogP contribution in [0.4, 0.5) is 0 Å². The molecule has 0 amide bonds. The SMILES string of the molecule is NCC[C@@H]1CC[C@H](N)[C@H](N)C1. The Labute approximate surface area is 68.3 Å². The van der Waals surface area contributed by atoms with Crippen LogP contribution < -0.4 is 17.2 Å². The minimum Gasteiger partial charge on any atom is -0.330 e. The van der Waals surface area contributed by atoms with Crippen LogP contribution in [0.1, 0.15) is 25.7 Å². The first-order valence-corrected chi connectivity index (χ1v) is 4.45. The molecule has 1 fully saturated rings. The highest BCUT2D eigenvalue weighted by atomic mass is 14.8. The van der Waals surface area contributed by atoms with Gasteiger partial charge in [-0.05, 0) is 38.1 Å². The maximum Gasteiger partial charge on any atom is 0.0194 e. The molecule has 3 atom stereocenters. The molecule has 1 aliphatic rings. The summed E-state index contributed by atoms with van der Waals surface area (Å²) in [6.07, 6.45) is 4.47. The Morgan fingerprint density at radius 2 is 1.82 bits per heavy atom. The molecule has 1 aliphatic carbocycles. The van der Waals surface area contributed by atoms with E-state index in [4.69, 9.17) is 17.2 Å². The van der Waals surface area contributed by atoms with E-state index in [1.165, 1.54) is 6.42 Å². The largest absolute Gasteiger partial charge is 0.330 e. The zero-order valence-electron chi connectivity index (χ0n) is 7.00. The molecule has 6 N–H and O–H groups in total. The van der Waals surface area contributed by atoms with Crippen molar-refractivity contribution in [3.63, 3.8) is 0 Å². The van der Waals surface area contributed by atoms with Gasteiger partial charge in [-0.1, -0.05) is 0 Å². The molecular weight excluding hydrogens is 138 g/mol. The third-order valence-corrected chi connectivity index (χ3v) is 2.64. The minimum atomic E-state index is 0.209. The minimum absolute atomic E-state index is 0.209. The predicted octanol–water partition coefficient (Wildman–Crippen LogP) is -0.210. The molecule has 1 saturated carbocycles. The van der Waals surface area contributed by atoms with Gasteiger partial charge in [0.15, 0.2) is 0 Å². The molecular formula is C8H19N3. The summed E-state index contributed by atoms with van der Waals surface area (Å²) >= 11 is 0. The molecule has 0 heterocycles. The summed E-state index contributed by atoms with van der Waals surface area (Å²) < 4.78 is 0. The van der Waals surface area contributed by atoms with Crippen molar-refractivity contribution in [3.05, 3.63) is 0 Å². The van der Waals surface area contributed by atoms with Crippen LogP contribution in [0, 0.1) is 5.92 Å². The highest BCUT2D eigenvalue weighted by Gasteiger charge is 2.24. The third-order valence-electron chi connectivity index (χ3n) is 2.64. The van der Waals surface area contributed by atoms with Crippen LogP contribution in [-0.4, -0.2) is 18.6 Å². The van der Waals surface area contributed by atoms with Gasteiger partial charge in [0.2, 0.25) is 0 Å². The number of hydrogen-bond donors (Lipinski definition) is 3. The molecule has 0 aliphatic heterocycles. The lowest BCUT2D eigenvalue weighted by molar-refractivity contribution is 0.279. The van der Waals surface area contributed by atoms with Crippen molar-refractivity contribution in [2.75, 3.05) is 6.54 Å². The molecule has 0 unspecified atom stereocenters. The van der Waals surface area contributed by atoms with E-state index in [0.29, 0.717) is 0 Å². The maximum absolute atomic E-state index is 5.83. The van der Waals surface area contributed by atoms with Crippen molar-refractivity contribution >= 4 is 0 Å². The normalized spacial score (nSPS) is 39.0. The number of hydrogen-bond acceptors (Lipinski definition) is 3. The van der Waals surface area contributed by atoms with E-state index in [1.54, 1.807) is 0 Å². The second-order valence-electron chi connectivity index (χ2n) is 3.58. The molecule has 1 rings (SSSR count). The highest BCUT2D eigenvalue weighted by molar-refractivity contribution is 4.84. The molecule has 3 nitrogen and oxygen atoms in total. The topological polar surface area (TPSA) is 78.1 Å². The van der Waals surface area contributed by atoms with Gasteiger partial charge in [-0.3, -0.25) is 0 Å². The predicted molar refractivity (Wildman–Crippen MR) is 47.0 cm³/mol. The van der Waals surface area contributed by atoms with E-state index in [9.17, 15) is 0 Å². The van der Waals surface area contributed by atoms with Gasteiger partial charge in [0.05, 0.1) is 0 Å². The average Bonchev–Trinajstić information content (AvgIpc) is 1.98. The zero-order chi connectivity index (χ0) is 8.27. The first-order valence-electron chi connectivity index (χ1n) is 4.45. The Hall–Kier alpha value is -0.120. The van der Waals surface area contributed by atoms with Gasteiger partial charge in [0, 0.05) is 12.1 Å². The summed E-state index contributed by atoms with van der Waals surface area (Å²) in [5, 5.41) is 0. The molecule has 66 valence electrons. The molecule has 11 heavy (non-hydrogen) atoms. The molecule has 0 aromatic heterocycles. The van der Waals surface area contributed by atoms with Crippen molar-refractivity contribution in [1.29, 1.82) is 0 Å². The Kier molecular flexibility index (Phi) is 3.30. The van der Waals surface area contributed by atoms with Gasteiger partial charge in [-0.15, -0.1) is 0 Å². The van der Waals surface area contributed by atoms with Crippen LogP contribution in [0.2, 0.25) is 0 Å². The zero-order valence-corrected chi connectivity index (χ0v) is 7.00.